The Balaban J connectivity index is 1.71. The highest BCUT2D eigenvalue weighted by Gasteiger charge is 2.17. The lowest BCUT2D eigenvalue weighted by Gasteiger charge is -2.08. The topological polar surface area (TPSA) is 87.6 Å². The van der Waals surface area contributed by atoms with Crippen molar-refractivity contribution in [3.05, 3.63) is 51.2 Å². The fraction of sp³-hybridized carbons (Fsp3) is 0.333. The van der Waals surface area contributed by atoms with Gasteiger partial charge in [-0.05, 0) is 61.9 Å². The third-order valence-electron chi connectivity index (χ3n) is 4.13. The average Bonchev–Trinajstić information content (AvgIpc) is 3.02. The van der Waals surface area contributed by atoms with Crippen LogP contribution in [0.25, 0.3) is 0 Å². The summed E-state index contributed by atoms with van der Waals surface area (Å²) in [5.41, 5.74) is 5.65. The molecule has 0 bridgehead atoms. The number of benzene rings is 1. The third-order valence-corrected chi connectivity index (χ3v) is 5.97. The predicted octanol–water partition coefficient (Wildman–Crippen LogP) is 3.15. The number of carbonyl (C=O) groups is 1. The van der Waals surface area contributed by atoms with Crippen LogP contribution in [-0.4, -0.2) is 26.3 Å². The van der Waals surface area contributed by atoms with Crippen molar-refractivity contribution in [2.75, 3.05) is 11.0 Å². The van der Waals surface area contributed by atoms with Gasteiger partial charge in [0.2, 0.25) is 10.0 Å². The lowest BCUT2D eigenvalue weighted by atomic mass is 9.99. The highest BCUT2D eigenvalue weighted by Crippen LogP contribution is 2.29. The van der Waals surface area contributed by atoms with Crippen LogP contribution < -0.4 is 10.1 Å². The zero-order valence-electron chi connectivity index (χ0n) is 14.7. The maximum Gasteiger partial charge on any atom is 0.281 e. The number of amides is 1. The number of sulfonamides is 1. The first kappa shape index (κ1) is 18.6. The van der Waals surface area contributed by atoms with Crippen molar-refractivity contribution in [1.29, 1.82) is 0 Å². The molecule has 1 aliphatic carbocycles. The molecule has 0 radical (unpaired) electrons. The number of nitrogens with one attached hydrogen (secondary N) is 2. The highest BCUT2D eigenvalue weighted by atomic mass is 32.2. The summed E-state index contributed by atoms with van der Waals surface area (Å²) in [7, 11) is -3.34. The van der Waals surface area contributed by atoms with Gasteiger partial charge in [-0.1, -0.05) is 12.1 Å². The van der Waals surface area contributed by atoms with E-state index >= 15 is 0 Å². The Morgan fingerprint density at radius 2 is 1.96 bits per heavy atom. The van der Waals surface area contributed by atoms with E-state index in [2.05, 4.69) is 15.2 Å². The van der Waals surface area contributed by atoms with Gasteiger partial charge in [-0.25, -0.2) is 13.8 Å². The first-order chi connectivity index (χ1) is 12.3. The molecule has 8 heteroatoms. The molecule has 2 aromatic rings. The Kier molecular flexibility index (Phi) is 5.43. The molecule has 0 spiro atoms. The lowest BCUT2D eigenvalue weighted by Crippen LogP contribution is -2.18. The van der Waals surface area contributed by atoms with Gasteiger partial charge < -0.3 is 0 Å². The molecule has 0 saturated heterocycles. The van der Waals surface area contributed by atoms with E-state index in [9.17, 15) is 13.2 Å². The van der Waals surface area contributed by atoms with E-state index in [1.54, 1.807) is 36.5 Å². The average molecular weight is 392 g/mol. The minimum atomic E-state index is -3.34. The monoisotopic (exact) mass is 391 g/mol. The summed E-state index contributed by atoms with van der Waals surface area (Å²) < 4.78 is 25.1. The molecule has 2 N–H and O–H groups in total. The molecule has 26 heavy (non-hydrogen) atoms. The largest absolute Gasteiger partial charge is 0.284 e. The van der Waals surface area contributed by atoms with E-state index in [-0.39, 0.29) is 5.91 Å². The van der Waals surface area contributed by atoms with E-state index in [4.69, 9.17) is 0 Å². The van der Waals surface area contributed by atoms with Gasteiger partial charge in [-0.3, -0.25) is 9.52 Å². The predicted molar refractivity (Wildman–Crippen MR) is 106 cm³/mol. The lowest BCUT2D eigenvalue weighted by molar-refractivity contribution is 0.0959. The molecule has 138 valence electrons. The van der Waals surface area contributed by atoms with E-state index in [1.165, 1.54) is 23.3 Å². The van der Waals surface area contributed by atoms with Gasteiger partial charge in [0.15, 0.2) is 0 Å². The number of carbonyl (C=O) groups excluding carboxylic acids is 1. The maximum atomic E-state index is 12.4. The Morgan fingerprint density at radius 1 is 1.19 bits per heavy atom. The molecule has 0 aliphatic heterocycles. The van der Waals surface area contributed by atoms with Crippen LogP contribution in [0.1, 0.15) is 45.4 Å². The molecule has 1 amide bonds. The van der Waals surface area contributed by atoms with Crippen molar-refractivity contribution in [2.45, 2.75) is 32.6 Å². The molecule has 6 nitrogen and oxygen atoms in total. The van der Waals surface area contributed by atoms with Crippen molar-refractivity contribution in [3.8, 4) is 0 Å². The summed E-state index contributed by atoms with van der Waals surface area (Å²) in [4.78, 5) is 14.3. The van der Waals surface area contributed by atoms with Crippen molar-refractivity contribution in [3.63, 3.8) is 0 Å². The van der Waals surface area contributed by atoms with Crippen LogP contribution in [0, 0.1) is 0 Å². The summed E-state index contributed by atoms with van der Waals surface area (Å²) >= 11 is 1.54. The van der Waals surface area contributed by atoms with Crippen molar-refractivity contribution >= 4 is 38.7 Å². The number of hydrogen-bond donors (Lipinski definition) is 2. The summed E-state index contributed by atoms with van der Waals surface area (Å²) in [6.07, 6.45) is 5.56. The second-order valence-electron chi connectivity index (χ2n) is 6.36. The fourth-order valence-corrected chi connectivity index (χ4v) is 4.58. The van der Waals surface area contributed by atoms with Crippen molar-refractivity contribution in [1.82, 2.24) is 5.43 Å². The van der Waals surface area contributed by atoms with E-state index < -0.39 is 10.0 Å². The van der Waals surface area contributed by atoms with Gasteiger partial charge in [0.05, 0.1) is 16.8 Å². The molecule has 1 aromatic heterocycles. The summed E-state index contributed by atoms with van der Waals surface area (Å²) in [5, 5.41) is 4.16. The number of anilines is 1. The second kappa shape index (κ2) is 7.59. The van der Waals surface area contributed by atoms with Crippen LogP contribution in [0.15, 0.2) is 35.4 Å². The van der Waals surface area contributed by atoms with Gasteiger partial charge >= 0.3 is 0 Å². The number of aryl methyl sites for hydroxylation is 2. The maximum absolute atomic E-state index is 12.4. The van der Waals surface area contributed by atoms with E-state index in [0.29, 0.717) is 16.3 Å². The van der Waals surface area contributed by atoms with E-state index in [1.807, 2.05) is 12.1 Å². The van der Waals surface area contributed by atoms with Gasteiger partial charge in [0.25, 0.3) is 5.91 Å². The molecule has 1 heterocycles. The zero-order valence-corrected chi connectivity index (χ0v) is 16.3. The number of hydrogen-bond acceptors (Lipinski definition) is 5. The normalized spacial score (nSPS) is 14.6. The van der Waals surface area contributed by atoms with Gasteiger partial charge in [-0.2, -0.15) is 5.10 Å². The Hall–Kier alpha value is -2.19. The number of fused-ring (bicyclic) bond motifs is 1. The molecule has 1 aromatic carbocycles. The molecule has 0 saturated carbocycles. The number of nitrogens with zero attached hydrogens (tertiary/aromatic N) is 1. The van der Waals surface area contributed by atoms with Crippen LogP contribution in [-0.2, 0) is 22.9 Å². The van der Waals surface area contributed by atoms with Crippen molar-refractivity contribution < 1.29 is 13.2 Å². The van der Waals surface area contributed by atoms with Gasteiger partial charge in [-0.15, -0.1) is 11.3 Å². The molecule has 0 atom stereocenters. The van der Waals surface area contributed by atoms with Crippen LogP contribution in [0.3, 0.4) is 0 Å². The van der Waals surface area contributed by atoms with Crippen LogP contribution >= 0.6 is 11.3 Å². The van der Waals surface area contributed by atoms with Crippen LogP contribution in [0.5, 0.6) is 0 Å². The first-order valence-electron chi connectivity index (χ1n) is 8.36. The molecule has 1 aliphatic rings. The highest BCUT2D eigenvalue weighted by molar-refractivity contribution is 7.92. The molecular weight excluding hydrogens is 370 g/mol. The Labute approximate surface area is 157 Å². The van der Waals surface area contributed by atoms with E-state index in [0.717, 1.165) is 24.7 Å². The number of hydrazone groups is 1. The molecule has 0 fully saturated rings. The third kappa shape index (κ3) is 4.70. The van der Waals surface area contributed by atoms with Crippen LogP contribution in [0.4, 0.5) is 5.69 Å². The summed E-state index contributed by atoms with van der Waals surface area (Å²) in [6.45, 7) is 1.76. The molecule has 0 unspecified atom stereocenters. The molecular formula is C18H21N3O3S2. The minimum absolute atomic E-state index is 0.214. The second-order valence-corrected chi connectivity index (χ2v) is 9.24. The number of rotatable bonds is 5. The summed E-state index contributed by atoms with van der Waals surface area (Å²) in [6, 6.07) is 8.85. The van der Waals surface area contributed by atoms with Gasteiger partial charge in [0, 0.05) is 10.6 Å². The quantitative estimate of drug-likeness (QED) is 0.606. The Morgan fingerprint density at radius 3 is 2.69 bits per heavy atom. The van der Waals surface area contributed by atoms with Crippen LogP contribution in [0.2, 0.25) is 0 Å². The SMILES string of the molecule is C/C(=N\NC(=O)c1cc2c(s1)CCCC2)c1cccc(NS(C)(=O)=O)c1. The smallest absolute Gasteiger partial charge is 0.281 e. The minimum Gasteiger partial charge on any atom is -0.284 e. The first-order valence-corrected chi connectivity index (χ1v) is 11.1. The fourth-order valence-electron chi connectivity index (χ4n) is 2.88. The Bertz CT molecular complexity index is 938. The zero-order chi connectivity index (χ0) is 18.7. The van der Waals surface area contributed by atoms with Gasteiger partial charge in [0.1, 0.15) is 0 Å². The summed E-state index contributed by atoms with van der Waals surface area (Å²) in [5.74, 6) is -0.214. The van der Waals surface area contributed by atoms with Crippen molar-refractivity contribution in [2.24, 2.45) is 5.10 Å². The molecule has 3 rings (SSSR count). The standard InChI is InChI=1S/C18H21N3O3S2/c1-12(13-7-5-8-15(10-13)21-26(2,23)24)19-20-18(22)17-11-14-6-3-4-9-16(14)25-17/h5,7-8,10-11,21H,3-4,6,9H2,1-2H3,(H,20,22)/b19-12+. The number of thiophene rings is 1.